The van der Waals surface area contributed by atoms with Gasteiger partial charge in [-0.1, -0.05) is 74.0 Å². The van der Waals surface area contributed by atoms with Crippen molar-refractivity contribution >= 4 is 27.5 Å². The Morgan fingerprint density at radius 2 is 1.55 bits per heavy atom. The standard InChI is InChI=1S/C30H37N3O4S/c1-5-6-19-31-30(35)25(4)32(21-26-13-9-7-10-14-26)29(34)22-33(28-20-23(2)17-18-24(28)3)38(36,37)27-15-11-8-12-16-27/h7-18,20,25H,5-6,19,21-22H2,1-4H3,(H,31,35)/t25-/m1/s1. The summed E-state index contributed by atoms with van der Waals surface area (Å²) in [5.41, 5.74) is 2.87. The number of benzene rings is 3. The first kappa shape index (κ1) is 28.9. The molecule has 3 aromatic carbocycles. The molecule has 0 aliphatic heterocycles. The zero-order chi connectivity index (χ0) is 27.7. The zero-order valence-electron chi connectivity index (χ0n) is 22.6. The number of nitrogens with one attached hydrogen (secondary N) is 1. The van der Waals surface area contributed by atoms with Crippen molar-refractivity contribution in [1.29, 1.82) is 0 Å². The number of rotatable bonds is 12. The summed E-state index contributed by atoms with van der Waals surface area (Å²) in [5.74, 6) is -0.737. The van der Waals surface area contributed by atoms with E-state index >= 15 is 0 Å². The third kappa shape index (κ3) is 7.22. The average Bonchev–Trinajstić information content (AvgIpc) is 2.92. The van der Waals surface area contributed by atoms with Crippen molar-refractivity contribution in [2.45, 2.75) is 58.0 Å². The molecule has 1 atom stereocenters. The van der Waals surface area contributed by atoms with E-state index in [-0.39, 0.29) is 17.3 Å². The number of sulfonamides is 1. The van der Waals surface area contributed by atoms with Gasteiger partial charge < -0.3 is 10.2 Å². The molecule has 0 aliphatic carbocycles. The van der Waals surface area contributed by atoms with E-state index in [9.17, 15) is 18.0 Å². The van der Waals surface area contributed by atoms with Crippen LogP contribution in [0.5, 0.6) is 0 Å². The van der Waals surface area contributed by atoms with Crippen LogP contribution in [0.1, 0.15) is 43.4 Å². The Balaban J connectivity index is 2.01. The fraction of sp³-hybridized carbons (Fsp3) is 0.333. The third-order valence-electron chi connectivity index (χ3n) is 6.44. The smallest absolute Gasteiger partial charge is 0.264 e. The van der Waals surface area contributed by atoms with Crippen molar-refractivity contribution < 1.29 is 18.0 Å². The van der Waals surface area contributed by atoms with Gasteiger partial charge in [-0.3, -0.25) is 13.9 Å². The first-order valence-electron chi connectivity index (χ1n) is 12.9. The summed E-state index contributed by atoms with van der Waals surface area (Å²) in [5, 5.41) is 2.90. The second-order valence-electron chi connectivity index (χ2n) is 9.44. The van der Waals surface area contributed by atoms with Gasteiger partial charge in [0.25, 0.3) is 10.0 Å². The van der Waals surface area contributed by atoms with Crippen LogP contribution < -0.4 is 9.62 Å². The Kier molecular flexibility index (Phi) is 10.1. The Morgan fingerprint density at radius 1 is 0.921 bits per heavy atom. The van der Waals surface area contributed by atoms with Gasteiger partial charge >= 0.3 is 0 Å². The van der Waals surface area contributed by atoms with Crippen molar-refractivity contribution in [1.82, 2.24) is 10.2 Å². The summed E-state index contributed by atoms with van der Waals surface area (Å²) >= 11 is 0. The molecule has 0 radical (unpaired) electrons. The quantitative estimate of drug-likeness (QED) is 0.337. The maximum atomic E-state index is 13.9. The van der Waals surface area contributed by atoms with E-state index in [1.807, 2.05) is 63.2 Å². The Hall–Kier alpha value is -3.65. The van der Waals surface area contributed by atoms with Crippen molar-refractivity contribution in [3.63, 3.8) is 0 Å². The first-order chi connectivity index (χ1) is 18.1. The first-order valence-corrected chi connectivity index (χ1v) is 14.3. The summed E-state index contributed by atoms with van der Waals surface area (Å²) in [6.45, 7) is 7.66. The maximum absolute atomic E-state index is 13.9. The fourth-order valence-electron chi connectivity index (χ4n) is 4.12. The third-order valence-corrected chi connectivity index (χ3v) is 8.21. The number of amides is 2. The number of hydrogen-bond donors (Lipinski definition) is 1. The molecule has 8 heteroatoms. The number of aryl methyl sites for hydroxylation is 2. The van der Waals surface area contributed by atoms with Crippen LogP contribution >= 0.6 is 0 Å². The van der Waals surface area contributed by atoms with Crippen molar-refractivity contribution in [3.05, 3.63) is 95.6 Å². The van der Waals surface area contributed by atoms with Crippen LogP contribution in [0, 0.1) is 13.8 Å². The second-order valence-corrected chi connectivity index (χ2v) is 11.3. The van der Waals surface area contributed by atoms with Crippen LogP contribution in [0.25, 0.3) is 0 Å². The van der Waals surface area contributed by atoms with Gasteiger partial charge in [0.2, 0.25) is 11.8 Å². The number of nitrogens with zero attached hydrogens (tertiary/aromatic N) is 2. The number of hydrogen-bond acceptors (Lipinski definition) is 4. The minimum absolute atomic E-state index is 0.0914. The molecular formula is C30H37N3O4S. The highest BCUT2D eigenvalue weighted by Crippen LogP contribution is 2.28. The topological polar surface area (TPSA) is 86.8 Å². The van der Waals surface area contributed by atoms with Crippen molar-refractivity contribution in [2.75, 3.05) is 17.4 Å². The maximum Gasteiger partial charge on any atom is 0.264 e. The van der Waals surface area contributed by atoms with Crippen LogP contribution in [0.15, 0.2) is 83.8 Å². The molecule has 0 saturated heterocycles. The van der Waals surface area contributed by atoms with Gasteiger partial charge in [-0.25, -0.2) is 8.42 Å². The molecule has 0 spiro atoms. The summed E-state index contributed by atoms with van der Waals surface area (Å²) in [4.78, 5) is 28.5. The molecule has 1 N–H and O–H groups in total. The molecule has 0 aromatic heterocycles. The van der Waals surface area contributed by atoms with Crippen LogP contribution in [0.3, 0.4) is 0 Å². The van der Waals surface area contributed by atoms with Crippen molar-refractivity contribution in [2.24, 2.45) is 0 Å². The molecule has 0 bridgehead atoms. The minimum Gasteiger partial charge on any atom is -0.354 e. The molecule has 38 heavy (non-hydrogen) atoms. The Labute approximate surface area is 226 Å². The molecule has 2 amide bonds. The average molecular weight is 536 g/mol. The SMILES string of the molecule is CCCCNC(=O)[C@@H](C)N(Cc1ccccc1)C(=O)CN(c1cc(C)ccc1C)S(=O)(=O)c1ccccc1. The van der Waals surface area contributed by atoms with Crippen molar-refractivity contribution in [3.8, 4) is 0 Å². The predicted molar refractivity (Wildman–Crippen MR) is 151 cm³/mol. The lowest BCUT2D eigenvalue weighted by molar-refractivity contribution is -0.139. The van der Waals surface area contributed by atoms with Crippen LogP contribution in [0.4, 0.5) is 5.69 Å². The summed E-state index contributed by atoms with van der Waals surface area (Å²) < 4.78 is 28.9. The zero-order valence-corrected chi connectivity index (χ0v) is 23.4. The molecule has 0 saturated carbocycles. The number of carbonyl (C=O) groups excluding carboxylic acids is 2. The van der Waals surface area contributed by atoms with Gasteiger partial charge in [0, 0.05) is 13.1 Å². The van der Waals surface area contributed by atoms with Crippen LogP contribution in [-0.4, -0.2) is 44.3 Å². The van der Waals surface area contributed by atoms with Gasteiger partial charge in [0.1, 0.15) is 12.6 Å². The molecule has 0 fully saturated rings. The van der Waals surface area contributed by atoms with E-state index in [0.717, 1.165) is 33.8 Å². The van der Waals surface area contributed by atoms with Crippen LogP contribution in [0.2, 0.25) is 0 Å². The fourth-order valence-corrected chi connectivity index (χ4v) is 5.61. The summed E-state index contributed by atoms with van der Waals surface area (Å²) in [6.07, 6.45) is 1.77. The lowest BCUT2D eigenvalue weighted by Gasteiger charge is -2.32. The normalized spacial score (nSPS) is 12.0. The molecule has 202 valence electrons. The van der Waals surface area contributed by atoms with E-state index in [1.165, 1.54) is 17.0 Å². The van der Waals surface area contributed by atoms with E-state index in [0.29, 0.717) is 12.2 Å². The number of carbonyl (C=O) groups is 2. The van der Waals surface area contributed by atoms with E-state index < -0.39 is 28.5 Å². The highest BCUT2D eigenvalue weighted by atomic mass is 32.2. The molecule has 3 rings (SSSR count). The Morgan fingerprint density at radius 3 is 2.18 bits per heavy atom. The second kappa shape index (κ2) is 13.2. The highest BCUT2D eigenvalue weighted by Gasteiger charge is 2.33. The van der Waals surface area contributed by atoms with Gasteiger partial charge in [-0.05, 0) is 62.1 Å². The predicted octanol–water partition coefficient (Wildman–Crippen LogP) is 4.83. The highest BCUT2D eigenvalue weighted by molar-refractivity contribution is 7.92. The number of anilines is 1. The van der Waals surface area contributed by atoms with Gasteiger partial charge in [0.05, 0.1) is 10.6 Å². The van der Waals surface area contributed by atoms with Crippen LogP contribution in [-0.2, 0) is 26.2 Å². The number of unbranched alkanes of at least 4 members (excludes halogenated alkanes) is 1. The molecule has 0 aliphatic rings. The molecule has 7 nitrogen and oxygen atoms in total. The Bertz CT molecular complexity index is 1330. The van der Waals surface area contributed by atoms with E-state index in [4.69, 9.17) is 0 Å². The van der Waals surface area contributed by atoms with Gasteiger partial charge in [-0.15, -0.1) is 0 Å². The summed E-state index contributed by atoms with van der Waals surface area (Å²) in [7, 11) is -4.07. The monoisotopic (exact) mass is 535 g/mol. The lowest BCUT2D eigenvalue weighted by atomic mass is 10.1. The largest absolute Gasteiger partial charge is 0.354 e. The van der Waals surface area contributed by atoms with Gasteiger partial charge in [0.15, 0.2) is 0 Å². The molecular weight excluding hydrogens is 498 g/mol. The van der Waals surface area contributed by atoms with E-state index in [2.05, 4.69) is 5.32 Å². The minimum atomic E-state index is -4.07. The lowest BCUT2D eigenvalue weighted by Crippen LogP contribution is -2.51. The molecule has 0 unspecified atom stereocenters. The van der Waals surface area contributed by atoms with E-state index in [1.54, 1.807) is 31.2 Å². The molecule has 0 heterocycles. The summed E-state index contributed by atoms with van der Waals surface area (Å²) in [6, 6.07) is 22.2. The van der Waals surface area contributed by atoms with Gasteiger partial charge in [-0.2, -0.15) is 0 Å². The molecule has 3 aromatic rings.